The number of carbonyl (C=O) groups excluding carboxylic acids is 3. The minimum absolute atomic E-state index is 0.190. The maximum atomic E-state index is 12.4. The molecule has 0 aromatic rings. The summed E-state index contributed by atoms with van der Waals surface area (Å²) < 4.78 is 15.3. The van der Waals surface area contributed by atoms with E-state index in [0.717, 1.165) is 18.4 Å². The Hall–Kier alpha value is -1.58. The van der Waals surface area contributed by atoms with E-state index in [1.807, 2.05) is 0 Å². The Bertz CT molecular complexity index is 572. The standard InChI is InChI=1S/C14H18N2O6S/c1-7(17)21-6-22-14(19)11-8(9-3-2-4-20-9)5-23-13-10(15)12(18)16(11)13/h9-10,13H,2-6,15H2,1H3/t9-,10+,13+/m0/s1. The summed E-state index contributed by atoms with van der Waals surface area (Å²) in [7, 11) is 0. The monoisotopic (exact) mass is 342 g/mol. The largest absolute Gasteiger partial charge is 0.428 e. The Balaban J connectivity index is 1.83. The second-order valence-corrected chi connectivity index (χ2v) is 6.60. The van der Waals surface area contributed by atoms with Crippen molar-refractivity contribution in [2.45, 2.75) is 37.3 Å². The maximum absolute atomic E-state index is 12.4. The second-order valence-electron chi connectivity index (χ2n) is 5.50. The lowest BCUT2D eigenvalue weighted by atomic mass is 10.00. The molecule has 0 saturated carbocycles. The van der Waals surface area contributed by atoms with Gasteiger partial charge in [0.1, 0.15) is 17.1 Å². The molecule has 9 heteroatoms. The summed E-state index contributed by atoms with van der Waals surface area (Å²) in [6.45, 7) is 1.37. The van der Waals surface area contributed by atoms with E-state index >= 15 is 0 Å². The predicted octanol–water partition coefficient (Wildman–Crippen LogP) is -0.274. The van der Waals surface area contributed by atoms with E-state index in [0.29, 0.717) is 12.4 Å². The third-order valence-corrected chi connectivity index (χ3v) is 5.33. The van der Waals surface area contributed by atoms with E-state index in [1.165, 1.54) is 23.6 Å². The van der Waals surface area contributed by atoms with Gasteiger partial charge in [-0.15, -0.1) is 11.8 Å². The summed E-state index contributed by atoms with van der Waals surface area (Å²) in [6.07, 6.45) is 1.52. The minimum Gasteiger partial charge on any atom is -0.428 e. The number of amides is 1. The van der Waals surface area contributed by atoms with Crippen molar-refractivity contribution in [3.05, 3.63) is 11.3 Å². The van der Waals surface area contributed by atoms with Crippen molar-refractivity contribution in [2.24, 2.45) is 5.73 Å². The van der Waals surface area contributed by atoms with Gasteiger partial charge >= 0.3 is 11.9 Å². The molecular formula is C14H18N2O6S. The van der Waals surface area contributed by atoms with Crippen LogP contribution in [0.4, 0.5) is 0 Å². The summed E-state index contributed by atoms with van der Waals surface area (Å²) >= 11 is 1.52. The molecule has 1 amide bonds. The highest BCUT2D eigenvalue weighted by Gasteiger charge is 2.53. The molecule has 126 valence electrons. The predicted molar refractivity (Wildman–Crippen MR) is 79.8 cm³/mol. The first-order chi connectivity index (χ1) is 11.0. The first-order valence-electron chi connectivity index (χ1n) is 7.36. The van der Waals surface area contributed by atoms with Gasteiger partial charge < -0.3 is 19.9 Å². The molecule has 3 atom stereocenters. The summed E-state index contributed by atoms with van der Waals surface area (Å²) in [4.78, 5) is 36.6. The molecule has 23 heavy (non-hydrogen) atoms. The van der Waals surface area contributed by atoms with E-state index in [9.17, 15) is 14.4 Å². The van der Waals surface area contributed by atoms with Crippen LogP contribution in [0.1, 0.15) is 19.8 Å². The zero-order valence-electron chi connectivity index (χ0n) is 12.6. The number of nitrogens with zero attached hydrogens (tertiary/aromatic N) is 1. The van der Waals surface area contributed by atoms with Crippen LogP contribution in [0, 0.1) is 0 Å². The summed E-state index contributed by atoms with van der Waals surface area (Å²) in [6, 6.07) is -0.609. The van der Waals surface area contributed by atoms with E-state index in [4.69, 9.17) is 15.2 Å². The molecular weight excluding hydrogens is 324 g/mol. The lowest BCUT2D eigenvalue weighted by Crippen LogP contribution is -2.68. The quantitative estimate of drug-likeness (QED) is 0.422. The fourth-order valence-electron chi connectivity index (χ4n) is 2.86. The highest BCUT2D eigenvalue weighted by molar-refractivity contribution is 8.00. The molecule has 3 rings (SSSR count). The van der Waals surface area contributed by atoms with Crippen molar-refractivity contribution >= 4 is 29.6 Å². The minimum atomic E-state index is -0.692. The van der Waals surface area contributed by atoms with Crippen LogP contribution < -0.4 is 5.73 Å². The summed E-state index contributed by atoms with van der Waals surface area (Å²) in [5, 5.41) is -0.260. The number of hydrogen-bond acceptors (Lipinski definition) is 8. The first-order valence-corrected chi connectivity index (χ1v) is 8.41. The number of nitrogens with two attached hydrogens (primary N) is 1. The van der Waals surface area contributed by atoms with Crippen molar-refractivity contribution in [3.8, 4) is 0 Å². The van der Waals surface area contributed by atoms with Gasteiger partial charge in [0.25, 0.3) is 0 Å². The molecule has 0 aliphatic carbocycles. The third-order valence-electron chi connectivity index (χ3n) is 4.00. The number of β-lactam (4-membered cyclic amide) rings is 1. The van der Waals surface area contributed by atoms with Crippen molar-refractivity contribution in [1.29, 1.82) is 0 Å². The van der Waals surface area contributed by atoms with Crippen LogP contribution in [0.2, 0.25) is 0 Å². The Morgan fingerprint density at radius 1 is 1.43 bits per heavy atom. The lowest BCUT2D eigenvalue weighted by Gasteiger charge is -2.48. The molecule has 2 fully saturated rings. The molecule has 0 unspecified atom stereocenters. The normalized spacial score (nSPS) is 29.9. The van der Waals surface area contributed by atoms with Crippen molar-refractivity contribution in [3.63, 3.8) is 0 Å². The fourth-order valence-corrected chi connectivity index (χ4v) is 4.22. The number of ether oxygens (including phenoxy) is 3. The number of hydrogen-bond donors (Lipinski definition) is 1. The smallest absolute Gasteiger partial charge is 0.358 e. The van der Waals surface area contributed by atoms with Gasteiger partial charge in [0, 0.05) is 19.3 Å². The number of carbonyl (C=O) groups is 3. The Kier molecular flexibility index (Phi) is 4.60. The SMILES string of the molecule is CC(=O)OCOC(=O)C1=C([C@@H]2CCCO2)CS[C@@H]2[C@H](N)C(=O)N12. The zero-order valence-corrected chi connectivity index (χ0v) is 13.5. The van der Waals surface area contributed by atoms with E-state index < -0.39 is 24.8 Å². The molecule has 0 spiro atoms. The Morgan fingerprint density at radius 2 is 2.22 bits per heavy atom. The number of esters is 2. The number of rotatable bonds is 4. The highest BCUT2D eigenvalue weighted by Crippen LogP contribution is 2.42. The first kappa shape index (κ1) is 16.3. The molecule has 0 aromatic heterocycles. The van der Waals surface area contributed by atoms with Gasteiger partial charge in [-0.2, -0.15) is 0 Å². The molecule has 2 saturated heterocycles. The van der Waals surface area contributed by atoms with Gasteiger partial charge in [0.2, 0.25) is 12.7 Å². The number of fused-ring (bicyclic) bond motifs is 1. The van der Waals surface area contributed by atoms with Gasteiger partial charge in [-0.1, -0.05) is 0 Å². The molecule has 3 heterocycles. The average Bonchev–Trinajstić information content (AvgIpc) is 3.06. The van der Waals surface area contributed by atoms with Gasteiger partial charge in [0.05, 0.1) is 6.10 Å². The second kappa shape index (κ2) is 6.50. The summed E-state index contributed by atoms with van der Waals surface area (Å²) in [5.74, 6) is -0.991. The van der Waals surface area contributed by atoms with E-state index in [2.05, 4.69) is 4.74 Å². The van der Waals surface area contributed by atoms with Gasteiger partial charge in [-0.3, -0.25) is 14.5 Å². The molecule has 8 nitrogen and oxygen atoms in total. The molecule has 0 aromatic carbocycles. The lowest BCUT2D eigenvalue weighted by molar-refractivity contribution is -0.166. The van der Waals surface area contributed by atoms with Crippen LogP contribution in [0.5, 0.6) is 0 Å². The Labute approximate surface area is 137 Å². The van der Waals surface area contributed by atoms with Crippen LogP contribution in [0.25, 0.3) is 0 Å². The molecule has 2 N–H and O–H groups in total. The topological polar surface area (TPSA) is 108 Å². The van der Waals surface area contributed by atoms with Crippen LogP contribution in [0.15, 0.2) is 11.3 Å². The fraction of sp³-hybridized carbons (Fsp3) is 0.643. The van der Waals surface area contributed by atoms with E-state index in [1.54, 1.807) is 0 Å². The van der Waals surface area contributed by atoms with Crippen molar-refractivity contribution < 1.29 is 28.6 Å². The van der Waals surface area contributed by atoms with Crippen LogP contribution in [0.3, 0.4) is 0 Å². The van der Waals surface area contributed by atoms with Crippen LogP contribution in [-0.4, -0.2) is 59.4 Å². The van der Waals surface area contributed by atoms with Crippen molar-refractivity contribution in [2.75, 3.05) is 19.2 Å². The van der Waals surface area contributed by atoms with Gasteiger partial charge in [-0.25, -0.2) is 4.79 Å². The molecule has 3 aliphatic heterocycles. The Morgan fingerprint density at radius 3 is 2.87 bits per heavy atom. The van der Waals surface area contributed by atoms with Gasteiger partial charge in [0.15, 0.2) is 0 Å². The maximum Gasteiger partial charge on any atom is 0.358 e. The third kappa shape index (κ3) is 2.96. The van der Waals surface area contributed by atoms with Gasteiger partial charge in [-0.05, 0) is 18.4 Å². The highest BCUT2D eigenvalue weighted by atomic mass is 32.2. The van der Waals surface area contributed by atoms with Crippen molar-refractivity contribution in [1.82, 2.24) is 4.90 Å². The molecule has 0 bridgehead atoms. The summed E-state index contributed by atoms with van der Waals surface area (Å²) in [5.41, 5.74) is 6.73. The molecule has 0 radical (unpaired) electrons. The van der Waals surface area contributed by atoms with Crippen LogP contribution >= 0.6 is 11.8 Å². The van der Waals surface area contributed by atoms with E-state index in [-0.39, 0.29) is 23.1 Å². The molecule has 3 aliphatic rings. The number of thioether (sulfide) groups is 1. The average molecular weight is 342 g/mol. The zero-order chi connectivity index (χ0) is 16.6. The van der Waals surface area contributed by atoms with Crippen LogP contribution in [-0.2, 0) is 28.6 Å².